The summed E-state index contributed by atoms with van der Waals surface area (Å²) in [4.78, 5) is 0. The Kier molecular flexibility index (Phi) is 5.50. The zero-order valence-electron chi connectivity index (χ0n) is 12.4. The molecule has 112 valence electrons. The Morgan fingerprint density at radius 1 is 0.857 bits per heavy atom. The van der Waals surface area contributed by atoms with Crippen molar-refractivity contribution >= 4 is 0 Å². The van der Waals surface area contributed by atoms with Crippen LogP contribution >= 0.6 is 0 Å². The largest absolute Gasteiger partial charge is 0.504 e. The minimum absolute atomic E-state index is 0.0595. The molecule has 0 bridgehead atoms. The first kappa shape index (κ1) is 15.2. The second kappa shape index (κ2) is 7.58. The Balaban J connectivity index is 2.13. The third kappa shape index (κ3) is 4.15. The molecule has 0 fully saturated rings. The maximum absolute atomic E-state index is 9.80. The summed E-state index contributed by atoms with van der Waals surface area (Å²) >= 11 is 0. The quantitative estimate of drug-likeness (QED) is 0.703. The molecule has 0 spiro atoms. The molecule has 0 aliphatic rings. The molecule has 0 aliphatic carbocycles. The molecule has 3 nitrogen and oxygen atoms in total. The summed E-state index contributed by atoms with van der Waals surface area (Å²) in [6.07, 6.45) is 5.70. The molecule has 0 saturated heterocycles. The molecular formula is C18H22O3. The Morgan fingerprint density at radius 3 is 2.29 bits per heavy atom. The van der Waals surface area contributed by atoms with Crippen LogP contribution in [-0.2, 0) is 6.42 Å². The predicted molar refractivity (Wildman–Crippen MR) is 84.1 cm³/mol. The second-order valence-corrected chi connectivity index (χ2v) is 5.15. The lowest BCUT2D eigenvalue weighted by molar-refractivity contribution is 0.374. The molecule has 2 aromatic rings. The zero-order valence-corrected chi connectivity index (χ0v) is 12.4. The molecule has 2 rings (SSSR count). The van der Waals surface area contributed by atoms with E-state index in [4.69, 9.17) is 4.74 Å². The summed E-state index contributed by atoms with van der Waals surface area (Å²) in [5.74, 6) is 0.677. The monoisotopic (exact) mass is 286 g/mol. The molecule has 0 aromatic heterocycles. The van der Waals surface area contributed by atoms with E-state index in [0.717, 1.165) is 18.4 Å². The van der Waals surface area contributed by atoms with Crippen LogP contribution in [0.2, 0.25) is 0 Å². The number of para-hydroxylation sites is 2. The molecule has 2 N–H and O–H groups in total. The van der Waals surface area contributed by atoms with Crippen LogP contribution in [-0.4, -0.2) is 10.2 Å². The Bertz CT molecular complexity index is 558. The lowest BCUT2D eigenvalue weighted by Gasteiger charge is -2.13. The number of benzene rings is 2. The van der Waals surface area contributed by atoms with Crippen LogP contribution in [0, 0.1) is 0 Å². The van der Waals surface area contributed by atoms with E-state index in [0.29, 0.717) is 5.75 Å². The minimum Gasteiger partial charge on any atom is -0.504 e. The first-order valence-electron chi connectivity index (χ1n) is 7.49. The van der Waals surface area contributed by atoms with Crippen molar-refractivity contribution in [2.24, 2.45) is 0 Å². The van der Waals surface area contributed by atoms with Gasteiger partial charge in [-0.15, -0.1) is 0 Å². The number of unbranched alkanes of at least 4 members (excludes halogenated alkanes) is 3. The van der Waals surface area contributed by atoms with Crippen molar-refractivity contribution in [3.05, 3.63) is 48.0 Å². The van der Waals surface area contributed by atoms with Crippen molar-refractivity contribution in [3.8, 4) is 23.0 Å². The Morgan fingerprint density at radius 2 is 1.57 bits per heavy atom. The van der Waals surface area contributed by atoms with E-state index >= 15 is 0 Å². The summed E-state index contributed by atoms with van der Waals surface area (Å²) in [7, 11) is 0. The number of rotatable bonds is 7. The van der Waals surface area contributed by atoms with Gasteiger partial charge in [-0.3, -0.25) is 0 Å². The van der Waals surface area contributed by atoms with Crippen molar-refractivity contribution in [2.75, 3.05) is 0 Å². The van der Waals surface area contributed by atoms with E-state index in [1.807, 2.05) is 24.3 Å². The van der Waals surface area contributed by atoms with Crippen molar-refractivity contribution in [1.29, 1.82) is 0 Å². The highest BCUT2D eigenvalue weighted by molar-refractivity contribution is 5.52. The summed E-state index contributed by atoms with van der Waals surface area (Å²) < 4.78 is 5.73. The lowest BCUT2D eigenvalue weighted by Crippen LogP contribution is -1.93. The van der Waals surface area contributed by atoms with Gasteiger partial charge in [0.1, 0.15) is 5.75 Å². The highest BCUT2D eigenvalue weighted by Gasteiger charge is 2.11. The second-order valence-electron chi connectivity index (χ2n) is 5.15. The van der Waals surface area contributed by atoms with Crippen LogP contribution in [0.25, 0.3) is 0 Å². The van der Waals surface area contributed by atoms with Crippen molar-refractivity contribution in [1.82, 2.24) is 0 Å². The average molecular weight is 286 g/mol. The first-order valence-corrected chi connectivity index (χ1v) is 7.49. The Hall–Kier alpha value is -2.16. The Labute approximate surface area is 125 Å². The van der Waals surface area contributed by atoms with Gasteiger partial charge in [-0.2, -0.15) is 0 Å². The zero-order chi connectivity index (χ0) is 15.1. The maximum atomic E-state index is 9.80. The van der Waals surface area contributed by atoms with Gasteiger partial charge in [-0.25, -0.2) is 0 Å². The third-order valence-electron chi connectivity index (χ3n) is 3.46. The number of hydrogen-bond donors (Lipinski definition) is 2. The van der Waals surface area contributed by atoms with E-state index in [9.17, 15) is 10.2 Å². The molecule has 0 heterocycles. The summed E-state index contributed by atoms with van der Waals surface area (Å²) in [5.41, 5.74) is 1.09. The van der Waals surface area contributed by atoms with E-state index < -0.39 is 0 Å². The van der Waals surface area contributed by atoms with E-state index in [1.54, 1.807) is 6.07 Å². The number of aromatic hydroxyl groups is 2. The van der Waals surface area contributed by atoms with E-state index in [2.05, 4.69) is 6.92 Å². The van der Waals surface area contributed by atoms with E-state index in [1.165, 1.54) is 31.4 Å². The molecule has 3 heteroatoms. The standard InChI is InChI=1S/C18H22O3/c1-2-3-4-5-9-14-10-6-7-13-17(14)21-18-15(19)11-8-12-16(18)20/h6-8,10-13,19-20H,2-5,9H2,1H3. The fraction of sp³-hybridized carbons (Fsp3) is 0.333. The maximum Gasteiger partial charge on any atom is 0.210 e. The summed E-state index contributed by atoms with van der Waals surface area (Å²) in [6.45, 7) is 2.19. The molecule has 0 aliphatic heterocycles. The van der Waals surface area contributed by atoms with Crippen LogP contribution in [0.3, 0.4) is 0 Å². The van der Waals surface area contributed by atoms with Gasteiger partial charge in [-0.05, 0) is 36.6 Å². The van der Waals surface area contributed by atoms with E-state index in [-0.39, 0.29) is 17.2 Å². The lowest BCUT2D eigenvalue weighted by atomic mass is 10.1. The van der Waals surface area contributed by atoms with Gasteiger partial charge in [0.25, 0.3) is 0 Å². The van der Waals surface area contributed by atoms with Crippen LogP contribution < -0.4 is 4.74 Å². The third-order valence-corrected chi connectivity index (χ3v) is 3.46. The molecule has 0 saturated carbocycles. The molecule has 2 aromatic carbocycles. The number of phenols is 2. The van der Waals surface area contributed by atoms with Gasteiger partial charge < -0.3 is 14.9 Å². The SMILES string of the molecule is CCCCCCc1ccccc1Oc1c(O)cccc1O. The topological polar surface area (TPSA) is 49.7 Å². The number of ether oxygens (including phenoxy) is 1. The van der Waals surface area contributed by atoms with Gasteiger partial charge in [0.2, 0.25) is 5.75 Å². The predicted octanol–water partition coefficient (Wildman–Crippen LogP) is 5.01. The van der Waals surface area contributed by atoms with Gasteiger partial charge in [-0.1, -0.05) is 50.5 Å². The fourth-order valence-electron chi connectivity index (χ4n) is 2.28. The van der Waals surface area contributed by atoms with Gasteiger partial charge >= 0.3 is 0 Å². The van der Waals surface area contributed by atoms with Crippen LogP contribution in [0.5, 0.6) is 23.0 Å². The fourth-order valence-corrected chi connectivity index (χ4v) is 2.28. The summed E-state index contributed by atoms with van der Waals surface area (Å²) in [6, 6.07) is 12.3. The highest BCUT2D eigenvalue weighted by Crippen LogP contribution is 2.39. The van der Waals surface area contributed by atoms with Crippen LogP contribution in [0.4, 0.5) is 0 Å². The molecule has 0 unspecified atom stereocenters. The first-order chi connectivity index (χ1) is 10.2. The van der Waals surface area contributed by atoms with Crippen molar-refractivity contribution < 1.29 is 14.9 Å². The molecule has 0 atom stereocenters. The van der Waals surface area contributed by atoms with Crippen molar-refractivity contribution in [3.63, 3.8) is 0 Å². The average Bonchev–Trinajstić information content (AvgIpc) is 2.49. The van der Waals surface area contributed by atoms with Gasteiger partial charge in [0, 0.05) is 0 Å². The molecule has 0 amide bonds. The number of aryl methyl sites for hydroxylation is 1. The van der Waals surface area contributed by atoms with Gasteiger partial charge in [0.05, 0.1) is 0 Å². The van der Waals surface area contributed by atoms with Crippen molar-refractivity contribution in [2.45, 2.75) is 39.0 Å². The van der Waals surface area contributed by atoms with Gasteiger partial charge in [0.15, 0.2) is 11.5 Å². The normalized spacial score (nSPS) is 10.5. The smallest absolute Gasteiger partial charge is 0.210 e. The molecular weight excluding hydrogens is 264 g/mol. The molecule has 21 heavy (non-hydrogen) atoms. The molecule has 0 radical (unpaired) electrons. The van der Waals surface area contributed by atoms with Crippen LogP contribution in [0.15, 0.2) is 42.5 Å². The minimum atomic E-state index is -0.0595. The van der Waals surface area contributed by atoms with Crippen LogP contribution in [0.1, 0.15) is 38.2 Å². The summed E-state index contributed by atoms with van der Waals surface area (Å²) in [5, 5.41) is 19.6. The number of phenolic OH excluding ortho intramolecular Hbond substituents is 2. The highest BCUT2D eigenvalue weighted by atomic mass is 16.5. The number of hydrogen-bond acceptors (Lipinski definition) is 3.